The Kier molecular flexibility index (Phi) is 13.7. The van der Waals surface area contributed by atoms with Gasteiger partial charge in [-0.1, -0.05) is 18.5 Å². The number of esters is 1. The van der Waals surface area contributed by atoms with Crippen molar-refractivity contribution < 1.29 is 33.7 Å². The first-order valence-electron chi connectivity index (χ1n) is 24.9. The number of cyclic esters (lactones) is 1. The van der Waals surface area contributed by atoms with E-state index in [1.165, 1.54) is 0 Å². The SMILES string of the molecule is CC[C@@]1(O)C(=O)OCc2c1cc1n(c2=O)Cc2cc3c(CN(C)C)c(OC(=O)N4CCN(CC5CCN(c6ccc(C(=O)N[C@H]7CC[C@H](Oc8ccc(C#N)c(Cl)c8C)CC7)nn6)CC5)CC4)ccc3nc2-1. The van der Waals surface area contributed by atoms with Crippen LogP contribution in [0.25, 0.3) is 22.3 Å². The standard InChI is InChI=1S/C53H59ClN10O8/c1-5-53(69)40-25-43-48-34(28-64(43)50(66)39(40)30-70-51(53)67)24-37-38(29-60(3)4)45(14-11-41(37)57-48)72-52(68)63-22-20-61(21-23-63)27-32-16-18-62(19-17-32)46-15-12-42(58-59-46)49(65)56-35-7-9-36(10-8-35)71-44-13-6-33(26-55)47(54)31(44)2/h6,11-15,24-25,32,35-36,69H,5,7-10,16-23,27-30H2,1-4H3,(H,56,65)/t35-,36-,53-/m0/s1. The van der Waals surface area contributed by atoms with Crippen LogP contribution in [0.5, 0.6) is 11.5 Å². The summed E-state index contributed by atoms with van der Waals surface area (Å²) >= 11 is 6.34. The zero-order valence-corrected chi connectivity index (χ0v) is 41.8. The topological polar surface area (TPSA) is 209 Å². The number of nitriles is 1. The fraction of sp³-hybridized carbons (Fsp3) is 0.472. The van der Waals surface area contributed by atoms with Crippen LogP contribution >= 0.6 is 11.6 Å². The van der Waals surface area contributed by atoms with Gasteiger partial charge in [0, 0.05) is 86.0 Å². The third kappa shape index (κ3) is 9.46. The van der Waals surface area contributed by atoms with Crippen LogP contribution in [0.1, 0.15) is 95.7 Å². The fourth-order valence-electron chi connectivity index (χ4n) is 10.9. The molecule has 376 valence electrons. The number of aromatic nitrogens is 4. The van der Waals surface area contributed by atoms with Crippen molar-refractivity contribution in [2.24, 2.45) is 5.92 Å². The van der Waals surface area contributed by atoms with Crippen LogP contribution < -0.4 is 25.2 Å². The van der Waals surface area contributed by atoms with Crippen LogP contribution in [0.15, 0.2) is 53.3 Å². The molecule has 3 fully saturated rings. The zero-order valence-electron chi connectivity index (χ0n) is 41.1. The summed E-state index contributed by atoms with van der Waals surface area (Å²) in [6.07, 6.45) is 4.77. The Morgan fingerprint density at radius 2 is 1.72 bits per heavy atom. The van der Waals surface area contributed by atoms with E-state index in [0.29, 0.717) is 70.2 Å². The number of carbonyl (C=O) groups is 3. The van der Waals surface area contributed by atoms with Crippen LogP contribution in [0.4, 0.5) is 10.6 Å². The van der Waals surface area contributed by atoms with E-state index in [9.17, 15) is 29.5 Å². The highest BCUT2D eigenvalue weighted by Gasteiger charge is 2.45. The number of benzene rings is 2. The lowest BCUT2D eigenvalue weighted by Crippen LogP contribution is -2.51. The molecule has 10 rings (SSSR count). The summed E-state index contributed by atoms with van der Waals surface area (Å²) in [6, 6.07) is 16.5. The van der Waals surface area contributed by atoms with Gasteiger partial charge in [0.25, 0.3) is 11.5 Å². The van der Waals surface area contributed by atoms with E-state index in [0.717, 1.165) is 99.1 Å². The Morgan fingerprint density at radius 3 is 2.42 bits per heavy atom. The highest BCUT2D eigenvalue weighted by atomic mass is 35.5. The number of nitrogens with one attached hydrogen (secondary N) is 1. The highest BCUT2D eigenvalue weighted by molar-refractivity contribution is 6.32. The van der Waals surface area contributed by atoms with Gasteiger partial charge >= 0.3 is 12.1 Å². The molecule has 0 unspecified atom stereocenters. The Bertz CT molecular complexity index is 3040. The Morgan fingerprint density at radius 1 is 0.972 bits per heavy atom. The quantitative estimate of drug-likeness (QED) is 0.145. The maximum absolute atomic E-state index is 13.8. The molecule has 2 N–H and O–H groups in total. The molecule has 19 heteroatoms. The average molecular weight is 1000 g/mol. The smallest absolute Gasteiger partial charge is 0.415 e. The van der Waals surface area contributed by atoms with Crippen LogP contribution in [0.3, 0.4) is 0 Å². The van der Waals surface area contributed by atoms with Crippen molar-refractivity contribution in [2.45, 2.75) is 96.2 Å². The average Bonchev–Trinajstić information content (AvgIpc) is 3.75. The molecule has 0 spiro atoms. The number of fused-ring (bicyclic) bond motifs is 5. The van der Waals surface area contributed by atoms with Gasteiger partial charge in [0.15, 0.2) is 17.1 Å². The lowest BCUT2D eigenvalue weighted by Gasteiger charge is -2.38. The molecule has 2 amide bonds. The minimum Gasteiger partial charge on any atom is -0.490 e. The normalized spacial score (nSPS) is 21.2. The molecule has 18 nitrogen and oxygen atoms in total. The molecule has 1 saturated carbocycles. The molecule has 7 heterocycles. The van der Waals surface area contributed by atoms with E-state index in [2.05, 4.69) is 31.4 Å². The van der Waals surface area contributed by atoms with E-state index < -0.39 is 17.7 Å². The van der Waals surface area contributed by atoms with Gasteiger partial charge in [-0.15, -0.1) is 10.2 Å². The third-order valence-electron chi connectivity index (χ3n) is 15.2. The van der Waals surface area contributed by atoms with Gasteiger partial charge in [0.05, 0.1) is 45.7 Å². The van der Waals surface area contributed by atoms with E-state index >= 15 is 0 Å². The van der Waals surface area contributed by atoms with Crippen LogP contribution in [-0.4, -0.2) is 130 Å². The van der Waals surface area contributed by atoms with Gasteiger partial charge in [-0.25, -0.2) is 14.6 Å². The number of amides is 2. The number of hydrogen-bond donors (Lipinski definition) is 2. The first kappa shape index (κ1) is 49.0. The predicted octanol–water partition coefficient (Wildman–Crippen LogP) is 5.92. The molecule has 1 atom stereocenters. The summed E-state index contributed by atoms with van der Waals surface area (Å²) < 4.78 is 19.2. The molecule has 2 saturated heterocycles. The van der Waals surface area contributed by atoms with Crippen molar-refractivity contribution >= 4 is 46.3 Å². The van der Waals surface area contributed by atoms with E-state index in [1.807, 2.05) is 44.1 Å². The van der Waals surface area contributed by atoms with Crippen LogP contribution in [0, 0.1) is 24.2 Å². The molecule has 5 aromatic rings. The summed E-state index contributed by atoms with van der Waals surface area (Å²) in [5.74, 6) is 1.40. The van der Waals surface area contributed by atoms with Gasteiger partial charge in [0.2, 0.25) is 0 Å². The second-order valence-corrected chi connectivity index (χ2v) is 20.4. The Balaban J connectivity index is 0.693. The second kappa shape index (κ2) is 20.1. The van der Waals surface area contributed by atoms with Gasteiger partial charge in [-0.2, -0.15) is 5.26 Å². The summed E-state index contributed by atoms with van der Waals surface area (Å²) in [5, 5.41) is 33.6. The lowest BCUT2D eigenvalue weighted by atomic mass is 9.86. The molecular formula is C53H59ClN10O8. The molecule has 5 aliphatic rings. The number of piperidine rings is 1. The Hall–Kier alpha value is -6.65. The number of piperazine rings is 1. The minimum atomic E-state index is -1.91. The van der Waals surface area contributed by atoms with E-state index in [-0.39, 0.29) is 54.3 Å². The van der Waals surface area contributed by atoms with Gasteiger partial charge in [-0.05, 0) is 120 Å². The number of carbonyl (C=O) groups excluding carboxylic acids is 3. The van der Waals surface area contributed by atoms with Crippen molar-refractivity contribution in [3.63, 3.8) is 0 Å². The maximum Gasteiger partial charge on any atom is 0.415 e. The van der Waals surface area contributed by atoms with Crippen molar-refractivity contribution in [3.8, 4) is 29.0 Å². The minimum absolute atomic E-state index is 0.00375. The van der Waals surface area contributed by atoms with Crippen molar-refractivity contribution in [3.05, 3.63) is 103 Å². The Labute approximate surface area is 422 Å². The molecule has 1 aliphatic carbocycles. The first-order valence-corrected chi connectivity index (χ1v) is 25.3. The maximum atomic E-state index is 13.8. The summed E-state index contributed by atoms with van der Waals surface area (Å²) in [7, 11) is 3.90. The zero-order chi connectivity index (χ0) is 50.4. The number of nitrogens with zero attached hydrogens (tertiary/aromatic N) is 9. The number of rotatable bonds is 11. The number of anilines is 1. The first-order chi connectivity index (χ1) is 34.7. The van der Waals surface area contributed by atoms with Crippen molar-refractivity contribution in [2.75, 3.05) is 64.8 Å². The number of ether oxygens (including phenoxy) is 3. The monoisotopic (exact) mass is 998 g/mol. The third-order valence-corrected chi connectivity index (χ3v) is 15.6. The molecule has 4 aliphatic heterocycles. The lowest BCUT2D eigenvalue weighted by molar-refractivity contribution is -0.172. The number of halogens is 1. The van der Waals surface area contributed by atoms with Gasteiger partial charge < -0.3 is 43.9 Å². The van der Waals surface area contributed by atoms with E-state index in [1.54, 1.807) is 46.7 Å². The van der Waals surface area contributed by atoms with Gasteiger partial charge in [0.1, 0.15) is 24.2 Å². The fourth-order valence-corrected chi connectivity index (χ4v) is 11.1. The molecule has 72 heavy (non-hydrogen) atoms. The van der Waals surface area contributed by atoms with Crippen LogP contribution in [0.2, 0.25) is 5.02 Å². The predicted molar refractivity (Wildman–Crippen MR) is 268 cm³/mol. The molecule has 3 aromatic heterocycles. The number of hydrogen-bond acceptors (Lipinski definition) is 15. The second-order valence-electron chi connectivity index (χ2n) is 20.0. The summed E-state index contributed by atoms with van der Waals surface area (Å²) in [4.78, 5) is 66.7. The molecular weight excluding hydrogens is 940 g/mol. The van der Waals surface area contributed by atoms with Crippen LogP contribution in [-0.2, 0) is 34.8 Å². The molecule has 0 radical (unpaired) electrons. The highest BCUT2D eigenvalue weighted by Crippen LogP contribution is 2.40. The van der Waals surface area contributed by atoms with E-state index in [4.69, 9.17) is 30.8 Å². The molecule has 0 bridgehead atoms. The van der Waals surface area contributed by atoms with Gasteiger partial charge in [-0.3, -0.25) is 14.5 Å². The molecule has 2 aromatic carbocycles. The van der Waals surface area contributed by atoms with Crippen molar-refractivity contribution in [1.29, 1.82) is 5.26 Å². The number of pyridine rings is 2. The largest absolute Gasteiger partial charge is 0.490 e. The summed E-state index contributed by atoms with van der Waals surface area (Å²) in [5.41, 5.74) is 3.21. The summed E-state index contributed by atoms with van der Waals surface area (Å²) in [6.45, 7) is 9.27. The number of aliphatic hydroxyl groups is 1. The van der Waals surface area contributed by atoms with Crippen molar-refractivity contribution in [1.82, 2.24) is 39.8 Å².